The van der Waals surface area contributed by atoms with Gasteiger partial charge < -0.3 is 21.3 Å². The molecule has 0 atom stereocenters. The minimum absolute atomic E-state index is 0.152. The first-order chi connectivity index (χ1) is 12.1. The van der Waals surface area contributed by atoms with Crippen molar-refractivity contribution in [2.24, 2.45) is 5.73 Å². The number of urea groups is 1. The molecule has 1 saturated heterocycles. The van der Waals surface area contributed by atoms with Crippen LogP contribution in [0.5, 0.6) is 0 Å². The smallest absolute Gasteiger partial charge is 0.312 e. The van der Waals surface area contributed by atoms with Crippen molar-refractivity contribution in [1.82, 2.24) is 5.32 Å². The largest absolute Gasteiger partial charge is 0.370 e. The molecule has 0 unspecified atom stereocenters. The lowest BCUT2D eigenvalue weighted by atomic mass is 10.1. The molecule has 130 valence electrons. The fourth-order valence-corrected chi connectivity index (χ4v) is 2.97. The van der Waals surface area contributed by atoms with Crippen LogP contribution in [-0.4, -0.2) is 25.0 Å². The Morgan fingerprint density at radius 1 is 1.00 bits per heavy atom. The van der Waals surface area contributed by atoms with E-state index in [1.165, 1.54) is 12.8 Å². The van der Waals surface area contributed by atoms with Gasteiger partial charge in [-0.2, -0.15) is 0 Å². The number of nitrogens with two attached hydrogens (primary N) is 1. The van der Waals surface area contributed by atoms with Gasteiger partial charge in [0.25, 0.3) is 5.91 Å². The minimum Gasteiger partial charge on any atom is -0.370 e. The number of primary amides is 1. The number of rotatable bonds is 5. The van der Waals surface area contributed by atoms with Gasteiger partial charge in [0.15, 0.2) is 0 Å². The van der Waals surface area contributed by atoms with Gasteiger partial charge in [-0.3, -0.25) is 4.79 Å². The summed E-state index contributed by atoms with van der Waals surface area (Å²) in [5.74, 6) is -0.152. The topological polar surface area (TPSA) is 87.5 Å². The van der Waals surface area contributed by atoms with Crippen LogP contribution in [0.25, 0.3) is 0 Å². The zero-order chi connectivity index (χ0) is 17.6. The van der Waals surface area contributed by atoms with Crippen LogP contribution in [0.1, 0.15) is 28.8 Å². The third-order valence-electron chi connectivity index (χ3n) is 4.28. The Morgan fingerprint density at radius 2 is 1.68 bits per heavy atom. The monoisotopic (exact) mass is 338 g/mol. The second-order valence-corrected chi connectivity index (χ2v) is 6.08. The number of amides is 3. The predicted molar refractivity (Wildman–Crippen MR) is 98.7 cm³/mol. The summed E-state index contributed by atoms with van der Waals surface area (Å²) in [6, 6.07) is 14.4. The number of carbonyl (C=O) groups excluding carboxylic acids is 2. The molecule has 0 aromatic heterocycles. The fraction of sp³-hybridized carbons (Fsp3) is 0.263. The van der Waals surface area contributed by atoms with Crippen molar-refractivity contribution in [2.75, 3.05) is 23.3 Å². The van der Waals surface area contributed by atoms with Crippen molar-refractivity contribution >= 4 is 23.3 Å². The highest BCUT2D eigenvalue weighted by Crippen LogP contribution is 2.29. The second-order valence-electron chi connectivity index (χ2n) is 6.08. The van der Waals surface area contributed by atoms with Crippen molar-refractivity contribution in [3.05, 3.63) is 59.7 Å². The summed E-state index contributed by atoms with van der Waals surface area (Å²) in [6.07, 6.45) is 2.37. The van der Waals surface area contributed by atoms with Gasteiger partial charge in [-0.15, -0.1) is 0 Å². The van der Waals surface area contributed by atoms with Crippen LogP contribution >= 0.6 is 0 Å². The van der Waals surface area contributed by atoms with Crippen LogP contribution in [0.15, 0.2) is 48.5 Å². The van der Waals surface area contributed by atoms with Crippen LogP contribution in [0.3, 0.4) is 0 Å². The highest BCUT2D eigenvalue weighted by Gasteiger charge is 2.17. The van der Waals surface area contributed by atoms with Gasteiger partial charge in [-0.25, -0.2) is 4.79 Å². The number of anilines is 2. The summed E-state index contributed by atoms with van der Waals surface area (Å²) < 4.78 is 0. The Labute approximate surface area is 147 Å². The van der Waals surface area contributed by atoms with Gasteiger partial charge in [-0.1, -0.05) is 24.3 Å². The summed E-state index contributed by atoms with van der Waals surface area (Å²) in [5.41, 5.74) is 8.40. The van der Waals surface area contributed by atoms with Crippen molar-refractivity contribution in [3.63, 3.8) is 0 Å². The fourth-order valence-electron chi connectivity index (χ4n) is 2.97. The lowest BCUT2D eigenvalue weighted by Crippen LogP contribution is -2.28. The van der Waals surface area contributed by atoms with E-state index in [4.69, 9.17) is 5.73 Å². The van der Waals surface area contributed by atoms with E-state index in [0.717, 1.165) is 30.0 Å². The maximum Gasteiger partial charge on any atom is 0.312 e. The normalized spacial score (nSPS) is 13.5. The first-order valence-electron chi connectivity index (χ1n) is 8.41. The average Bonchev–Trinajstić information content (AvgIpc) is 3.15. The molecule has 0 saturated carbocycles. The van der Waals surface area contributed by atoms with Gasteiger partial charge in [0.1, 0.15) is 0 Å². The Morgan fingerprint density at radius 3 is 2.36 bits per heavy atom. The predicted octanol–water partition coefficient (Wildman–Crippen LogP) is 2.71. The molecule has 0 radical (unpaired) electrons. The molecule has 4 N–H and O–H groups in total. The number of hydrogen-bond donors (Lipinski definition) is 3. The van der Waals surface area contributed by atoms with Gasteiger partial charge in [0, 0.05) is 25.2 Å². The molecule has 1 fully saturated rings. The first-order valence-corrected chi connectivity index (χ1v) is 8.41. The summed E-state index contributed by atoms with van der Waals surface area (Å²) in [7, 11) is 0. The Kier molecular flexibility index (Phi) is 5.18. The number of para-hydroxylation sites is 2. The van der Waals surface area contributed by atoms with E-state index < -0.39 is 6.03 Å². The number of benzene rings is 2. The van der Waals surface area contributed by atoms with Gasteiger partial charge in [-0.05, 0) is 42.7 Å². The number of carbonyl (C=O) groups is 2. The lowest BCUT2D eigenvalue weighted by molar-refractivity contribution is 0.102. The maximum atomic E-state index is 12.5. The molecule has 6 heteroatoms. The van der Waals surface area contributed by atoms with Crippen molar-refractivity contribution in [2.45, 2.75) is 19.4 Å². The molecule has 6 nitrogen and oxygen atoms in total. The van der Waals surface area contributed by atoms with E-state index in [1.807, 2.05) is 24.3 Å². The van der Waals surface area contributed by atoms with E-state index in [2.05, 4.69) is 15.5 Å². The van der Waals surface area contributed by atoms with Gasteiger partial charge in [0.05, 0.1) is 11.4 Å². The second kappa shape index (κ2) is 7.70. The van der Waals surface area contributed by atoms with Gasteiger partial charge in [0.2, 0.25) is 0 Å². The van der Waals surface area contributed by atoms with Crippen LogP contribution in [0, 0.1) is 0 Å². The summed E-state index contributed by atoms with van der Waals surface area (Å²) in [5, 5.41) is 5.52. The Hall–Kier alpha value is -3.02. The van der Waals surface area contributed by atoms with Crippen molar-refractivity contribution in [3.8, 4) is 0 Å². The van der Waals surface area contributed by atoms with E-state index in [1.54, 1.807) is 24.3 Å². The SMILES string of the molecule is NC(=O)NCc1ccc(C(=O)Nc2ccccc2N2CCCC2)cc1. The van der Waals surface area contributed by atoms with Crippen LogP contribution < -0.4 is 21.3 Å². The zero-order valence-corrected chi connectivity index (χ0v) is 14.0. The highest BCUT2D eigenvalue weighted by molar-refractivity contribution is 6.06. The third kappa shape index (κ3) is 4.29. The van der Waals surface area contributed by atoms with E-state index in [0.29, 0.717) is 12.1 Å². The summed E-state index contributed by atoms with van der Waals surface area (Å²) in [6.45, 7) is 2.39. The van der Waals surface area contributed by atoms with Crippen LogP contribution in [0.4, 0.5) is 16.2 Å². The summed E-state index contributed by atoms with van der Waals surface area (Å²) in [4.78, 5) is 25.6. The molecule has 3 rings (SSSR count). The molecule has 1 heterocycles. The molecule has 1 aliphatic rings. The molecule has 0 aliphatic carbocycles. The summed E-state index contributed by atoms with van der Waals surface area (Å²) >= 11 is 0. The molecule has 0 bridgehead atoms. The zero-order valence-electron chi connectivity index (χ0n) is 14.0. The molecule has 2 aromatic rings. The number of nitrogens with one attached hydrogen (secondary N) is 2. The van der Waals surface area contributed by atoms with E-state index in [-0.39, 0.29) is 5.91 Å². The van der Waals surface area contributed by atoms with Crippen LogP contribution in [-0.2, 0) is 6.54 Å². The Balaban J connectivity index is 1.69. The molecular weight excluding hydrogens is 316 g/mol. The standard InChI is InChI=1S/C19H22N4O2/c20-19(25)21-13-14-7-9-15(10-8-14)18(24)22-16-5-1-2-6-17(16)23-11-3-4-12-23/h1-2,5-10H,3-4,11-13H2,(H,22,24)(H3,20,21,25). The first kappa shape index (κ1) is 16.8. The Bertz CT molecular complexity index is 752. The van der Waals surface area contributed by atoms with E-state index in [9.17, 15) is 9.59 Å². The molecule has 3 amide bonds. The van der Waals surface area contributed by atoms with Crippen molar-refractivity contribution in [1.29, 1.82) is 0 Å². The van der Waals surface area contributed by atoms with Crippen LogP contribution in [0.2, 0.25) is 0 Å². The molecule has 2 aromatic carbocycles. The van der Waals surface area contributed by atoms with E-state index >= 15 is 0 Å². The number of nitrogens with zero attached hydrogens (tertiary/aromatic N) is 1. The van der Waals surface area contributed by atoms with Crippen molar-refractivity contribution < 1.29 is 9.59 Å². The minimum atomic E-state index is -0.569. The molecule has 1 aliphatic heterocycles. The quantitative estimate of drug-likeness (QED) is 0.783. The average molecular weight is 338 g/mol. The highest BCUT2D eigenvalue weighted by atomic mass is 16.2. The third-order valence-corrected chi connectivity index (χ3v) is 4.28. The lowest BCUT2D eigenvalue weighted by Gasteiger charge is -2.21. The van der Waals surface area contributed by atoms with Gasteiger partial charge >= 0.3 is 6.03 Å². The maximum absolute atomic E-state index is 12.5. The molecule has 25 heavy (non-hydrogen) atoms. The molecular formula is C19H22N4O2. The molecule has 0 spiro atoms. The number of hydrogen-bond acceptors (Lipinski definition) is 3.